The first-order valence-electron chi connectivity index (χ1n) is 9.41. The highest BCUT2D eigenvalue weighted by molar-refractivity contribution is 7.98. The van der Waals surface area contributed by atoms with Crippen LogP contribution in [0.4, 0.5) is 5.13 Å². The van der Waals surface area contributed by atoms with Gasteiger partial charge in [-0.2, -0.15) is 0 Å². The zero-order chi connectivity index (χ0) is 20.2. The predicted molar refractivity (Wildman–Crippen MR) is 119 cm³/mol. The predicted octanol–water partition coefficient (Wildman–Crippen LogP) is 3.75. The third kappa shape index (κ3) is 4.43. The van der Waals surface area contributed by atoms with Crippen LogP contribution in [0.3, 0.4) is 0 Å². The van der Waals surface area contributed by atoms with E-state index in [-0.39, 0.29) is 12.5 Å². The monoisotopic (exact) mass is 429 g/mol. The molecule has 0 spiro atoms. The van der Waals surface area contributed by atoms with Crippen LogP contribution in [0.15, 0.2) is 47.4 Å². The maximum absolute atomic E-state index is 12.6. The van der Waals surface area contributed by atoms with E-state index >= 15 is 0 Å². The van der Waals surface area contributed by atoms with Crippen molar-refractivity contribution in [1.82, 2.24) is 9.88 Å². The van der Waals surface area contributed by atoms with Crippen molar-refractivity contribution in [3.63, 3.8) is 0 Å². The van der Waals surface area contributed by atoms with Crippen molar-refractivity contribution >= 4 is 44.4 Å². The molecule has 29 heavy (non-hydrogen) atoms. The molecule has 1 aromatic heterocycles. The van der Waals surface area contributed by atoms with Crippen LogP contribution in [0.1, 0.15) is 0 Å². The molecule has 152 valence electrons. The molecule has 1 fully saturated rings. The summed E-state index contributed by atoms with van der Waals surface area (Å²) in [5.74, 6) is 1.20. The number of benzene rings is 2. The number of para-hydroxylation sites is 2. The summed E-state index contributed by atoms with van der Waals surface area (Å²) < 4.78 is 12.1. The molecule has 0 N–H and O–H groups in total. The van der Waals surface area contributed by atoms with Gasteiger partial charge in [0.15, 0.2) is 23.2 Å². The van der Waals surface area contributed by atoms with E-state index in [2.05, 4.69) is 29.4 Å². The summed E-state index contributed by atoms with van der Waals surface area (Å²) in [6.07, 6.45) is 2.08. The zero-order valence-electron chi connectivity index (χ0n) is 16.5. The summed E-state index contributed by atoms with van der Waals surface area (Å²) in [6.45, 7) is 2.89. The number of amides is 1. The second kappa shape index (κ2) is 8.92. The summed E-state index contributed by atoms with van der Waals surface area (Å²) >= 11 is 3.45. The van der Waals surface area contributed by atoms with Crippen LogP contribution >= 0.6 is 23.1 Å². The Morgan fingerprint density at radius 2 is 1.90 bits per heavy atom. The number of hydrogen-bond acceptors (Lipinski definition) is 7. The molecule has 1 amide bonds. The maximum atomic E-state index is 12.6. The van der Waals surface area contributed by atoms with Crippen LogP contribution < -0.4 is 14.4 Å². The summed E-state index contributed by atoms with van der Waals surface area (Å²) in [6, 6.07) is 13.7. The number of piperazine rings is 1. The van der Waals surface area contributed by atoms with Crippen LogP contribution in [-0.4, -0.2) is 61.9 Å². The lowest BCUT2D eigenvalue weighted by molar-refractivity contribution is -0.133. The highest BCUT2D eigenvalue weighted by Gasteiger charge is 2.23. The largest absolute Gasteiger partial charge is 0.493 e. The molecular formula is C21H23N3O3S2. The molecule has 0 unspecified atom stereocenters. The van der Waals surface area contributed by atoms with Crippen molar-refractivity contribution in [2.45, 2.75) is 4.90 Å². The number of anilines is 1. The lowest BCUT2D eigenvalue weighted by atomic mass is 10.3. The minimum absolute atomic E-state index is 0.00975. The van der Waals surface area contributed by atoms with Crippen LogP contribution in [0.25, 0.3) is 10.2 Å². The first-order chi connectivity index (χ1) is 14.2. The first-order valence-corrected chi connectivity index (χ1v) is 11.4. The molecule has 4 rings (SSSR count). The Bertz CT molecular complexity index is 1000. The van der Waals surface area contributed by atoms with Crippen molar-refractivity contribution in [3.05, 3.63) is 42.5 Å². The molecule has 2 heterocycles. The van der Waals surface area contributed by atoms with Gasteiger partial charge in [0.25, 0.3) is 5.91 Å². The van der Waals surface area contributed by atoms with Crippen molar-refractivity contribution < 1.29 is 14.3 Å². The van der Waals surface area contributed by atoms with Gasteiger partial charge in [-0.05, 0) is 36.6 Å². The number of ether oxygens (including phenoxy) is 2. The number of fused-ring (bicyclic) bond motifs is 1. The van der Waals surface area contributed by atoms with Crippen molar-refractivity contribution in [1.29, 1.82) is 0 Å². The Hall–Kier alpha value is -2.45. The second-order valence-electron chi connectivity index (χ2n) is 6.64. The Morgan fingerprint density at radius 1 is 1.14 bits per heavy atom. The van der Waals surface area contributed by atoms with Gasteiger partial charge in [-0.1, -0.05) is 23.5 Å². The van der Waals surface area contributed by atoms with Crippen LogP contribution in [0.5, 0.6) is 11.5 Å². The van der Waals surface area contributed by atoms with Gasteiger partial charge < -0.3 is 19.3 Å². The third-order valence-corrected chi connectivity index (χ3v) is 6.71. The Labute approximate surface area is 178 Å². The Balaban J connectivity index is 1.33. The highest BCUT2D eigenvalue weighted by Crippen LogP contribution is 2.32. The van der Waals surface area contributed by atoms with Gasteiger partial charge in [-0.15, -0.1) is 11.8 Å². The minimum atomic E-state index is -0.00975. The summed E-state index contributed by atoms with van der Waals surface area (Å²) in [5.41, 5.74) is 1.03. The van der Waals surface area contributed by atoms with E-state index < -0.39 is 0 Å². The number of carbonyl (C=O) groups excluding carboxylic acids is 1. The van der Waals surface area contributed by atoms with Crippen LogP contribution in [-0.2, 0) is 4.79 Å². The quantitative estimate of drug-likeness (QED) is 0.556. The lowest BCUT2D eigenvalue weighted by Gasteiger charge is -2.34. The third-order valence-electron chi connectivity index (χ3n) is 4.91. The first kappa shape index (κ1) is 19.8. The number of aromatic nitrogens is 1. The number of thioether (sulfide) groups is 1. The summed E-state index contributed by atoms with van der Waals surface area (Å²) in [4.78, 5) is 22.7. The molecule has 2 aromatic carbocycles. The van der Waals surface area contributed by atoms with Gasteiger partial charge >= 0.3 is 0 Å². The normalized spacial score (nSPS) is 14.3. The van der Waals surface area contributed by atoms with Gasteiger partial charge in [0.2, 0.25) is 0 Å². The van der Waals surface area contributed by atoms with Crippen LogP contribution in [0.2, 0.25) is 0 Å². The summed E-state index contributed by atoms with van der Waals surface area (Å²) in [5, 5.41) is 1.02. The van der Waals surface area contributed by atoms with E-state index in [1.807, 2.05) is 23.1 Å². The van der Waals surface area contributed by atoms with Crippen molar-refractivity contribution in [3.8, 4) is 11.5 Å². The number of hydrogen-bond donors (Lipinski definition) is 0. The van der Waals surface area contributed by atoms with E-state index in [0.717, 1.165) is 23.7 Å². The SMILES string of the molecule is COc1ccccc1OCC(=O)N1CCN(c2nc3ccc(SC)cc3s2)CC1. The van der Waals surface area contributed by atoms with E-state index in [4.69, 9.17) is 14.5 Å². The standard InChI is InChI=1S/C21H23N3O3S2/c1-26-17-5-3-4-6-18(17)27-14-20(25)23-9-11-24(12-10-23)21-22-16-8-7-15(28-2)13-19(16)29-21/h3-8,13H,9-12,14H2,1-2H3. The number of thiazole rings is 1. The molecule has 8 heteroatoms. The molecule has 0 atom stereocenters. The Morgan fingerprint density at radius 3 is 2.62 bits per heavy atom. The van der Waals surface area contributed by atoms with Gasteiger partial charge in [0.1, 0.15) is 0 Å². The molecule has 0 bridgehead atoms. The fraction of sp³-hybridized carbons (Fsp3) is 0.333. The minimum Gasteiger partial charge on any atom is -0.493 e. The molecule has 1 aliphatic rings. The van der Waals surface area contributed by atoms with Crippen molar-refractivity contribution in [2.24, 2.45) is 0 Å². The topological polar surface area (TPSA) is 54.9 Å². The number of methoxy groups -OCH3 is 1. The molecule has 3 aromatic rings. The van der Waals surface area contributed by atoms with E-state index in [1.54, 1.807) is 36.3 Å². The maximum Gasteiger partial charge on any atom is 0.260 e. The van der Waals surface area contributed by atoms with Gasteiger partial charge in [-0.25, -0.2) is 4.98 Å². The van der Waals surface area contributed by atoms with E-state index in [1.165, 1.54) is 9.60 Å². The molecular weight excluding hydrogens is 406 g/mol. The number of nitrogens with zero attached hydrogens (tertiary/aromatic N) is 3. The molecule has 0 saturated carbocycles. The molecule has 0 radical (unpaired) electrons. The Kier molecular flexibility index (Phi) is 6.10. The fourth-order valence-corrected chi connectivity index (χ4v) is 4.84. The second-order valence-corrected chi connectivity index (χ2v) is 8.53. The van der Waals surface area contributed by atoms with Gasteiger partial charge in [-0.3, -0.25) is 4.79 Å². The average molecular weight is 430 g/mol. The molecule has 1 saturated heterocycles. The van der Waals surface area contributed by atoms with Crippen LogP contribution in [0, 0.1) is 0 Å². The van der Waals surface area contributed by atoms with E-state index in [0.29, 0.717) is 24.6 Å². The number of carbonyl (C=O) groups is 1. The number of rotatable bonds is 6. The molecule has 6 nitrogen and oxygen atoms in total. The lowest BCUT2D eigenvalue weighted by Crippen LogP contribution is -2.50. The van der Waals surface area contributed by atoms with E-state index in [9.17, 15) is 4.79 Å². The smallest absolute Gasteiger partial charge is 0.260 e. The highest BCUT2D eigenvalue weighted by atomic mass is 32.2. The molecule has 0 aliphatic carbocycles. The zero-order valence-corrected chi connectivity index (χ0v) is 18.1. The van der Waals surface area contributed by atoms with Crippen molar-refractivity contribution in [2.75, 3.05) is 51.1 Å². The van der Waals surface area contributed by atoms with Gasteiger partial charge in [0, 0.05) is 31.1 Å². The molecule has 1 aliphatic heterocycles. The fourth-order valence-electron chi connectivity index (χ4n) is 3.27. The average Bonchev–Trinajstić information content (AvgIpc) is 3.21. The van der Waals surface area contributed by atoms with Gasteiger partial charge in [0.05, 0.1) is 17.3 Å². The summed E-state index contributed by atoms with van der Waals surface area (Å²) in [7, 11) is 1.59.